The Labute approximate surface area is 375 Å². The van der Waals surface area contributed by atoms with E-state index in [-0.39, 0.29) is 81.3 Å². The van der Waals surface area contributed by atoms with Crippen molar-refractivity contribution in [3.8, 4) is 11.6 Å². The summed E-state index contributed by atoms with van der Waals surface area (Å²) in [4.78, 5) is 105. The number of carbonyl (C=O) groups excluding carboxylic acids is 7. The van der Waals surface area contributed by atoms with E-state index in [0.717, 1.165) is 5.39 Å². The van der Waals surface area contributed by atoms with Gasteiger partial charge in [-0.05, 0) is 74.0 Å². The molecule has 1 aromatic heterocycles. The molecule has 0 unspecified atom stereocenters. The predicted molar refractivity (Wildman–Crippen MR) is 238 cm³/mol. The number of carboxylic acids is 1. The molecule has 2 aromatic rings. The molecule has 356 valence electrons. The molecule has 0 saturated carbocycles. The van der Waals surface area contributed by atoms with Crippen LogP contribution < -0.4 is 41.8 Å². The minimum Gasteiger partial charge on any atom is -0.494 e. The number of rotatable bonds is 29. The maximum atomic E-state index is 13.4. The van der Waals surface area contributed by atoms with Crippen molar-refractivity contribution in [1.29, 1.82) is 0 Å². The molecule has 6 amide bonds. The Morgan fingerprint density at radius 2 is 1.19 bits per heavy atom. The molecule has 19 nitrogen and oxygen atoms in total. The highest BCUT2D eigenvalue weighted by Gasteiger charge is 2.33. The number of aliphatic carboxylic acids is 1. The molecule has 1 heterocycles. The summed E-state index contributed by atoms with van der Waals surface area (Å²) in [7, 11) is 1.24. The number of hydrogen-bond acceptors (Lipinski definition) is 12. The van der Waals surface area contributed by atoms with Gasteiger partial charge in [0.1, 0.15) is 36.0 Å². The van der Waals surface area contributed by atoms with Crippen molar-refractivity contribution in [2.75, 3.05) is 20.3 Å². The predicted octanol–water partition coefficient (Wildman–Crippen LogP) is 2.90. The van der Waals surface area contributed by atoms with Crippen LogP contribution in [0.1, 0.15) is 107 Å². The summed E-state index contributed by atoms with van der Waals surface area (Å²) in [5, 5.41) is 23.3. The highest BCUT2D eigenvalue weighted by Crippen LogP contribution is 2.23. The van der Waals surface area contributed by atoms with Crippen molar-refractivity contribution in [3.05, 3.63) is 30.3 Å². The number of esters is 1. The van der Waals surface area contributed by atoms with Gasteiger partial charge in [-0.3, -0.25) is 33.6 Å². The SMILES string of the molecule is COC(=O)[C@@H](NC(=O)[C@H](CC(C)C)NC(=O)[C@@H](NC(=O)CCCOc1ccc2ccc(OCCCC(=O)N[C@@H](CCC(=O)O)C(=O)N[C@@H](CC(C)C)C(N)=O)nc2c1)C(C)C)C(C)C. The number of primary amides is 1. The molecule has 0 aliphatic rings. The average molecular weight is 900 g/mol. The molecule has 0 spiro atoms. The molecule has 0 fully saturated rings. The first kappa shape index (κ1) is 54.1. The Hall–Kier alpha value is -6.01. The summed E-state index contributed by atoms with van der Waals surface area (Å²) >= 11 is 0. The second-order valence-electron chi connectivity index (χ2n) is 17.3. The number of carboxylic acid groups (broad SMARTS) is 1. The Bertz CT molecular complexity index is 1900. The lowest BCUT2D eigenvalue weighted by atomic mass is 9.98. The molecule has 0 saturated heterocycles. The van der Waals surface area contributed by atoms with Crippen LogP contribution in [0.4, 0.5) is 0 Å². The fourth-order valence-electron chi connectivity index (χ4n) is 6.50. The van der Waals surface area contributed by atoms with Gasteiger partial charge in [-0.15, -0.1) is 0 Å². The number of fused-ring (bicyclic) bond motifs is 1. The number of carbonyl (C=O) groups is 8. The van der Waals surface area contributed by atoms with Gasteiger partial charge in [-0.25, -0.2) is 9.78 Å². The maximum absolute atomic E-state index is 13.4. The number of aromatic nitrogens is 1. The lowest BCUT2D eigenvalue weighted by Gasteiger charge is -2.28. The van der Waals surface area contributed by atoms with Crippen molar-refractivity contribution in [3.63, 3.8) is 0 Å². The first-order chi connectivity index (χ1) is 30.1. The first-order valence-electron chi connectivity index (χ1n) is 21.9. The molecule has 0 radical (unpaired) electrons. The van der Waals surface area contributed by atoms with Crippen molar-refractivity contribution >= 4 is 58.3 Å². The van der Waals surface area contributed by atoms with Crippen LogP contribution >= 0.6 is 0 Å². The van der Waals surface area contributed by atoms with E-state index < -0.39 is 71.7 Å². The van der Waals surface area contributed by atoms with Gasteiger partial charge in [0.15, 0.2) is 0 Å². The van der Waals surface area contributed by atoms with Crippen LogP contribution in [0.5, 0.6) is 11.6 Å². The highest BCUT2D eigenvalue weighted by molar-refractivity contribution is 5.94. The third-order valence-electron chi connectivity index (χ3n) is 9.94. The minimum atomic E-state index is -1.18. The number of nitrogens with one attached hydrogen (secondary N) is 5. The fraction of sp³-hybridized carbons (Fsp3) is 0.622. The minimum absolute atomic E-state index is 0.0346. The number of amides is 6. The van der Waals surface area contributed by atoms with Gasteiger partial charge in [-0.2, -0.15) is 0 Å². The molecular formula is C45H69N7O12. The number of benzene rings is 1. The summed E-state index contributed by atoms with van der Waals surface area (Å²) in [6.07, 6.45) is 0.653. The summed E-state index contributed by atoms with van der Waals surface area (Å²) in [6, 6.07) is 3.90. The number of hydrogen-bond donors (Lipinski definition) is 7. The van der Waals surface area contributed by atoms with E-state index in [1.165, 1.54) is 7.11 Å². The Kier molecular flexibility index (Phi) is 23.0. The van der Waals surface area contributed by atoms with E-state index in [0.29, 0.717) is 30.0 Å². The number of nitrogens with zero attached hydrogens (tertiary/aromatic N) is 1. The summed E-state index contributed by atoms with van der Waals surface area (Å²) < 4.78 is 16.5. The zero-order valence-corrected chi connectivity index (χ0v) is 38.6. The Balaban J connectivity index is 1.92. The van der Waals surface area contributed by atoms with Crippen LogP contribution in [0, 0.1) is 23.7 Å². The van der Waals surface area contributed by atoms with Crippen molar-refractivity contribution in [2.24, 2.45) is 29.4 Å². The normalized spacial score (nSPS) is 13.6. The zero-order chi connectivity index (χ0) is 48.1. The van der Waals surface area contributed by atoms with E-state index >= 15 is 0 Å². The van der Waals surface area contributed by atoms with Crippen LogP contribution in [-0.4, -0.2) is 108 Å². The summed E-state index contributed by atoms with van der Waals surface area (Å²) in [5.41, 5.74) is 6.00. The van der Waals surface area contributed by atoms with Crippen molar-refractivity contribution < 1.29 is 57.7 Å². The molecule has 64 heavy (non-hydrogen) atoms. The molecule has 0 aliphatic heterocycles. The largest absolute Gasteiger partial charge is 0.494 e. The van der Waals surface area contributed by atoms with Gasteiger partial charge in [-0.1, -0.05) is 55.4 Å². The summed E-state index contributed by atoms with van der Waals surface area (Å²) in [6.45, 7) is 14.9. The van der Waals surface area contributed by atoms with E-state index in [4.69, 9.17) is 25.1 Å². The molecule has 5 atom stereocenters. The monoisotopic (exact) mass is 900 g/mol. The second-order valence-corrected chi connectivity index (χ2v) is 17.3. The topological polar surface area (TPSA) is 284 Å². The van der Waals surface area contributed by atoms with E-state index in [9.17, 15) is 38.4 Å². The molecule has 8 N–H and O–H groups in total. The quantitative estimate of drug-likeness (QED) is 0.0458. The lowest BCUT2D eigenvalue weighted by molar-refractivity contribution is -0.146. The van der Waals surface area contributed by atoms with E-state index in [1.54, 1.807) is 45.9 Å². The molecular weight excluding hydrogens is 831 g/mol. The summed E-state index contributed by atoms with van der Waals surface area (Å²) in [5.74, 6) is -4.73. The van der Waals surface area contributed by atoms with Crippen LogP contribution in [0.2, 0.25) is 0 Å². The van der Waals surface area contributed by atoms with Gasteiger partial charge in [0.05, 0.1) is 25.8 Å². The fourth-order valence-corrected chi connectivity index (χ4v) is 6.50. The van der Waals surface area contributed by atoms with Gasteiger partial charge in [0, 0.05) is 36.8 Å². The average Bonchev–Trinajstić information content (AvgIpc) is 3.21. The van der Waals surface area contributed by atoms with Gasteiger partial charge < -0.3 is 51.6 Å². The highest BCUT2D eigenvalue weighted by atomic mass is 16.5. The third-order valence-corrected chi connectivity index (χ3v) is 9.94. The van der Waals surface area contributed by atoms with Gasteiger partial charge >= 0.3 is 11.9 Å². The third kappa shape index (κ3) is 19.6. The molecule has 1 aromatic carbocycles. The molecule has 19 heteroatoms. The maximum Gasteiger partial charge on any atom is 0.328 e. The number of ether oxygens (including phenoxy) is 3. The van der Waals surface area contributed by atoms with Crippen LogP contribution in [0.25, 0.3) is 10.9 Å². The number of methoxy groups -OCH3 is 1. The van der Waals surface area contributed by atoms with E-state index in [1.807, 2.05) is 39.8 Å². The lowest BCUT2D eigenvalue weighted by Crippen LogP contribution is -2.57. The first-order valence-corrected chi connectivity index (χ1v) is 21.9. The Morgan fingerprint density at radius 1 is 0.641 bits per heavy atom. The number of nitrogens with two attached hydrogens (primary N) is 1. The zero-order valence-electron chi connectivity index (χ0n) is 38.6. The number of pyridine rings is 1. The van der Waals surface area contributed by atoms with Crippen LogP contribution in [0.3, 0.4) is 0 Å². The second kappa shape index (κ2) is 27.2. The van der Waals surface area contributed by atoms with Crippen LogP contribution in [-0.2, 0) is 43.1 Å². The van der Waals surface area contributed by atoms with Gasteiger partial charge in [0.2, 0.25) is 41.3 Å². The smallest absolute Gasteiger partial charge is 0.328 e. The molecule has 0 bridgehead atoms. The van der Waals surface area contributed by atoms with Crippen molar-refractivity contribution in [1.82, 2.24) is 31.6 Å². The Morgan fingerprint density at radius 3 is 1.75 bits per heavy atom. The standard InChI is InChI=1S/C45H69N7O12/c1-25(2)22-33(41(46)57)49-42(58)31(17-19-38(55)56)47-35(53)12-11-21-64-37-18-15-29-14-16-30(24-32(29)48-37)63-20-10-13-36(54)51-39(27(5)6)44(60)50-34(23-26(3)4)43(59)52-40(28(7)8)45(61)62-9/h14-16,18,24-28,31,33-34,39-40H,10-13,17,19-23H2,1-9H3,(H2,46,57)(H,47,53)(H,49,58)(H,50,60)(H,51,54)(H,52,59)(H,55,56)/t31-,33-,34-,39-,40-/m0/s1. The molecule has 2 rings (SSSR count). The molecule has 0 aliphatic carbocycles. The van der Waals surface area contributed by atoms with E-state index in [2.05, 4.69) is 31.6 Å². The van der Waals surface area contributed by atoms with Crippen molar-refractivity contribution in [2.45, 2.75) is 137 Å². The van der Waals surface area contributed by atoms with Crippen LogP contribution in [0.15, 0.2) is 30.3 Å². The van der Waals surface area contributed by atoms with Gasteiger partial charge in [0.25, 0.3) is 0 Å².